The zero-order valence-corrected chi connectivity index (χ0v) is 12.8. The summed E-state index contributed by atoms with van der Waals surface area (Å²) in [6.45, 7) is 4.51. The number of halogens is 1. The molecule has 6 nitrogen and oxygen atoms in total. The van der Waals surface area contributed by atoms with Crippen molar-refractivity contribution in [3.05, 3.63) is 34.4 Å². The number of nitrogens with zero attached hydrogens (tertiary/aromatic N) is 5. The Morgan fingerprint density at radius 2 is 2.15 bits per heavy atom. The Hall–Kier alpha value is -1.82. The van der Waals surface area contributed by atoms with Crippen LogP contribution < -0.4 is 0 Å². The van der Waals surface area contributed by atoms with Crippen molar-refractivity contribution in [1.82, 2.24) is 24.5 Å². The zero-order valence-electron chi connectivity index (χ0n) is 12.1. The van der Waals surface area contributed by atoms with Gasteiger partial charge in [-0.2, -0.15) is 10.2 Å². The summed E-state index contributed by atoms with van der Waals surface area (Å²) in [5.41, 5.74) is 2.82. The van der Waals surface area contributed by atoms with Crippen LogP contribution in [0.15, 0.2) is 12.4 Å². The van der Waals surface area contributed by atoms with Gasteiger partial charge in [-0.3, -0.25) is 14.2 Å². The van der Waals surface area contributed by atoms with E-state index in [1.54, 1.807) is 33.7 Å². The second-order valence-electron chi connectivity index (χ2n) is 4.89. The molecule has 1 amide bonds. The van der Waals surface area contributed by atoms with Gasteiger partial charge in [-0.1, -0.05) is 11.6 Å². The first-order chi connectivity index (χ1) is 9.38. The van der Waals surface area contributed by atoms with Gasteiger partial charge >= 0.3 is 0 Å². The minimum absolute atomic E-state index is 0.0209. The molecular formula is C13H18ClN5O. The van der Waals surface area contributed by atoms with Gasteiger partial charge in [0.05, 0.1) is 16.9 Å². The van der Waals surface area contributed by atoms with Crippen LogP contribution in [-0.4, -0.2) is 37.4 Å². The molecule has 0 aromatic carbocycles. The Labute approximate surface area is 122 Å². The van der Waals surface area contributed by atoms with Gasteiger partial charge < -0.3 is 4.90 Å². The Bertz CT molecular complexity index is 611. The van der Waals surface area contributed by atoms with E-state index < -0.39 is 0 Å². The van der Waals surface area contributed by atoms with E-state index in [0.717, 1.165) is 17.0 Å². The van der Waals surface area contributed by atoms with E-state index in [9.17, 15) is 4.79 Å². The summed E-state index contributed by atoms with van der Waals surface area (Å²) in [5.74, 6) is -0.0209. The summed E-state index contributed by atoms with van der Waals surface area (Å²) in [7, 11) is 3.65. The van der Waals surface area contributed by atoms with Crippen molar-refractivity contribution in [3.63, 3.8) is 0 Å². The predicted octanol–water partition coefficient (Wildman–Crippen LogP) is 1.55. The molecule has 0 saturated heterocycles. The van der Waals surface area contributed by atoms with Gasteiger partial charge in [0.2, 0.25) is 5.91 Å². The molecule has 0 saturated carbocycles. The number of carbonyl (C=O) groups is 1. The molecule has 2 heterocycles. The Balaban J connectivity index is 2.00. The van der Waals surface area contributed by atoms with Gasteiger partial charge in [-0.25, -0.2) is 0 Å². The minimum atomic E-state index is -0.0209. The molecule has 7 heteroatoms. The van der Waals surface area contributed by atoms with Gasteiger partial charge in [0.15, 0.2) is 0 Å². The van der Waals surface area contributed by atoms with Crippen molar-refractivity contribution < 1.29 is 4.79 Å². The Morgan fingerprint density at radius 1 is 1.45 bits per heavy atom. The van der Waals surface area contributed by atoms with Crippen molar-refractivity contribution in [3.8, 4) is 0 Å². The van der Waals surface area contributed by atoms with E-state index in [1.165, 1.54) is 0 Å². The fraction of sp³-hybridized carbons (Fsp3) is 0.462. The van der Waals surface area contributed by atoms with Crippen molar-refractivity contribution in [1.29, 1.82) is 0 Å². The minimum Gasteiger partial charge on any atom is -0.340 e. The molecular weight excluding hydrogens is 278 g/mol. The third-order valence-electron chi connectivity index (χ3n) is 3.35. The highest BCUT2D eigenvalue weighted by atomic mass is 35.5. The van der Waals surface area contributed by atoms with Crippen molar-refractivity contribution in [2.75, 3.05) is 7.05 Å². The van der Waals surface area contributed by atoms with E-state index in [0.29, 0.717) is 11.6 Å². The molecule has 0 N–H and O–H groups in total. The van der Waals surface area contributed by atoms with E-state index in [2.05, 4.69) is 10.2 Å². The number of amides is 1. The van der Waals surface area contributed by atoms with Crippen molar-refractivity contribution >= 4 is 17.5 Å². The van der Waals surface area contributed by atoms with Crippen LogP contribution in [0.3, 0.4) is 0 Å². The van der Waals surface area contributed by atoms with E-state index in [1.807, 2.05) is 20.9 Å². The molecule has 0 bridgehead atoms. The average molecular weight is 296 g/mol. The van der Waals surface area contributed by atoms with E-state index in [4.69, 9.17) is 11.6 Å². The number of rotatable bonds is 4. The molecule has 108 valence electrons. The first-order valence-electron chi connectivity index (χ1n) is 6.29. The van der Waals surface area contributed by atoms with Gasteiger partial charge in [0, 0.05) is 38.1 Å². The standard InChI is InChI=1S/C13H18ClN5O/c1-9-12(14)7-19(16-9)8-13(20)17(3)6-11-5-15-18(4)10(11)2/h5,7H,6,8H2,1-4H3. The van der Waals surface area contributed by atoms with Crippen molar-refractivity contribution in [2.24, 2.45) is 7.05 Å². The zero-order chi connectivity index (χ0) is 14.9. The van der Waals surface area contributed by atoms with Gasteiger partial charge in [-0.15, -0.1) is 0 Å². The molecule has 0 aliphatic heterocycles. The molecule has 0 radical (unpaired) electrons. The second kappa shape index (κ2) is 5.66. The van der Waals surface area contributed by atoms with Crippen molar-refractivity contribution in [2.45, 2.75) is 26.9 Å². The van der Waals surface area contributed by atoms with Crippen LogP contribution in [0, 0.1) is 13.8 Å². The number of aryl methyl sites for hydroxylation is 2. The highest BCUT2D eigenvalue weighted by Crippen LogP contribution is 2.13. The maximum absolute atomic E-state index is 12.2. The number of likely N-dealkylation sites (N-methyl/N-ethyl adjacent to an activating group) is 1. The van der Waals surface area contributed by atoms with Crippen LogP contribution >= 0.6 is 11.6 Å². The van der Waals surface area contributed by atoms with Gasteiger partial charge in [0.1, 0.15) is 6.54 Å². The fourth-order valence-electron chi connectivity index (χ4n) is 1.88. The lowest BCUT2D eigenvalue weighted by molar-refractivity contribution is -0.131. The molecule has 2 rings (SSSR count). The lowest BCUT2D eigenvalue weighted by Crippen LogP contribution is -2.30. The normalized spacial score (nSPS) is 10.8. The number of hydrogen-bond acceptors (Lipinski definition) is 3. The first-order valence-corrected chi connectivity index (χ1v) is 6.67. The van der Waals surface area contributed by atoms with Crippen LogP contribution in [0.2, 0.25) is 5.02 Å². The number of hydrogen-bond donors (Lipinski definition) is 0. The molecule has 2 aromatic rings. The quantitative estimate of drug-likeness (QED) is 0.860. The fourth-order valence-corrected chi connectivity index (χ4v) is 2.03. The number of aromatic nitrogens is 4. The largest absolute Gasteiger partial charge is 0.340 e. The van der Waals surface area contributed by atoms with Crippen LogP contribution in [0.1, 0.15) is 17.0 Å². The second-order valence-corrected chi connectivity index (χ2v) is 5.30. The first kappa shape index (κ1) is 14.6. The summed E-state index contributed by atoms with van der Waals surface area (Å²) in [5, 5.41) is 8.93. The van der Waals surface area contributed by atoms with Crippen LogP contribution in [-0.2, 0) is 24.9 Å². The highest BCUT2D eigenvalue weighted by Gasteiger charge is 2.14. The van der Waals surface area contributed by atoms with Crippen LogP contribution in [0.5, 0.6) is 0 Å². The maximum atomic E-state index is 12.2. The van der Waals surface area contributed by atoms with Gasteiger partial charge in [-0.05, 0) is 13.8 Å². The summed E-state index contributed by atoms with van der Waals surface area (Å²) in [4.78, 5) is 13.8. The summed E-state index contributed by atoms with van der Waals surface area (Å²) in [6.07, 6.45) is 3.45. The molecule has 0 spiro atoms. The Kier molecular flexibility index (Phi) is 4.13. The van der Waals surface area contributed by atoms with E-state index >= 15 is 0 Å². The maximum Gasteiger partial charge on any atom is 0.244 e. The molecule has 0 unspecified atom stereocenters. The summed E-state index contributed by atoms with van der Waals surface area (Å²) in [6, 6.07) is 0. The van der Waals surface area contributed by atoms with E-state index in [-0.39, 0.29) is 12.5 Å². The lowest BCUT2D eigenvalue weighted by atomic mass is 10.2. The average Bonchev–Trinajstić information content (AvgIpc) is 2.86. The lowest BCUT2D eigenvalue weighted by Gasteiger charge is -2.16. The smallest absolute Gasteiger partial charge is 0.244 e. The molecule has 0 fully saturated rings. The molecule has 20 heavy (non-hydrogen) atoms. The highest BCUT2D eigenvalue weighted by molar-refractivity contribution is 6.31. The molecule has 0 atom stereocenters. The summed E-state index contributed by atoms with van der Waals surface area (Å²) < 4.78 is 3.36. The monoisotopic (exact) mass is 295 g/mol. The SMILES string of the molecule is Cc1nn(CC(=O)N(C)Cc2cnn(C)c2C)cc1Cl. The molecule has 0 aliphatic rings. The van der Waals surface area contributed by atoms with Crippen LogP contribution in [0.25, 0.3) is 0 Å². The van der Waals surface area contributed by atoms with Crippen LogP contribution in [0.4, 0.5) is 0 Å². The topological polar surface area (TPSA) is 56.0 Å². The Morgan fingerprint density at radius 3 is 2.65 bits per heavy atom. The third kappa shape index (κ3) is 3.01. The third-order valence-corrected chi connectivity index (χ3v) is 3.72. The van der Waals surface area contributed by atoms with Gasteiger partial charge in [0.25, 0.3) is 0 Å². The molecule has 0 aliphatic carbocycles. The molecule has 2 aromatic heterocycles. The predicted molar refractivity (Wildman–Crippen MR) is 76.4 cm³/mol. The summed E-state index contributed by atoms with van der Waals surface area (Å²) >= 11 is 5.93. The number of carbonyl (C=O) groups excluding carboxylic acids is 1.